The Labute approximate surface area is 163 Å². The van der Waals surface area contributed by atoms with Gasteiger partial charge in [-0.1, -0.05) is 84.4 Å². The largest absolute Gasteiger partial charge is 0.480 e. The predicted molar refractivity (Wildman–Crippen MR) is 111 cm³/mol. The fraction of sp³-hybridized carbons (Fsp3) is 0.130. The zero-order valence-electron chi connectivity index (χ0n) is 14.5. The van der Waals surface area contributed by atoms with Crippen LogP contribution in [0.5, 0.6) is 0 Å². The van der Waals surface area contributed by atoms with Crippen molar-refractivity contribution in [3.05, 3.63) is 112 Å². The maximum atomic E-state index is 6.67. The maximum Gasteiger partial charge on any atom is 0.168 e. The van der Waals surface area contributed by atoms with Crippen LogP contribution < -0.4 is 0 Å². The monoisotopic (exact) mass is 378 g/mol. The topological polar surface area (TPSA) is 9.23 Å². The van der Waals surface area contributed by atoms with E-state index in [1.807, 2.05) is 36.0 Å². The van der Waals surface area contributed by atoms with Gasteiger partial charge in [-0.2, -0.15) is 0 Å². The molecule has 0 bridgehead atoms. The molecule has 3 aromatic carbocycles. The van der Waals surface area contributed by atoms with Crippen LogP contribution in [0.2, 0.25) is 5.02 Å². The molecule has 1 nitrogen and oxygen atoms in total. The molecule has 1 aliphatic heterocycles. The van der Waals surface area contributed by atoms with Crippen LogP contribution in [-0.2, 0) is 10.3 Å². The molecule has 1 aliphatic rings. The Balaban J connectivity index is 1.80. The molecule has 0 unspecified atom stereocenters. The Morgan fingerprint density at radius 1 is 0.808 bits per heavy atom. The van der Waals surface area contributed by atoms with Gasteiger partial charge in [-0.15, -0.1) is 11.8 Å². The zero-order valence-corrected chi connectivity index (χ0v) is 16.1. The first-order valence-electron chi connectivity index (χ1n) is 8.59. The van der Waals surface area contributed by atoms with E-state index in [2.05, 4.69) is 67.6 Å². The van der Waals surface area contributed by atoms with Gasteiger partial charge in [-0.25, -0.2) is 0 Å². The van der Waals surface area contributed by atoms with E-state index in [-0.39, 0.29) is 0 Å². The quantitative estimate of drug-likeness (QED) is 0.499. The summed E-state index contributed by atoms with van der Waals surface area (Å²) in [5, 5.41) is 0.747. The summed E-state index contributed by atoms with van der Waals surface area (Å²) in [4.78, 5) is 1.17. The lowest BCUT2D eigenvalue weighted by atomic mass is 9.87. The third-order valence-corrected chi connectivity index (χ3v) is 6.27. The van der Waals surface area contributed by atoms with Gasteiger partial charge >= 0.3 is 0 Å². The van der Waals surface area contributed by atoms with E-state index in [9.17, 15) is 0 Å². The summed E-state index contributed by atoms with van der Waals surface area (Å²) in [6, 6.07) is 28.9. The molecular weight excluding hydrogens is 360 g/mol. The van der Waals surface area contributed by atoms with Crippen molar-refractivity contribution < 1.29 is 4.74 Å². The highest BCUT2D eigenvalue weighted by Gasteiger charge is 2.40. The summed E-state index contributed by atoms with van der Waals surface area (Å²) in [6.07, 6.45) is 0. The summed E-state index contributed by atoms with van der Waals surface area (Å²) in [7, 11) is 0. The fourth-order valence-electron chi connectivity index (χ4n) is 3.37. The van der Waals surface area contributed by atoms with E-state index in [0.717, 1.165) is 22.1 Å². The van der Waals surface area contributed by atoms with Crippen LogP contribution in [0.4, 0.5) is 0 Å². The first-order valence-corrected chi connectivity index (χ1v) is 9.95. The summed E-state index contributed by atoms with van der Waals surface area (Å²) in [6.45, 7) is 2.05. The molecule has 0 radical (unpaired) electrons. The Bertz CT molecular complexity index is 878. The van der Waals surface area contributed by atoms with Crippen molar-refractivity contribution in [2.24, 2.45) is 0 Å². The lowest BCUT2D eigenvalue weighted by Gasteiger charge is -2.39. The Morgan fingerprint density at radius 3 is 1.85 bits per heavy atom. The molecule has 0 aliphatic carbocycles. The van der Waals surface area contributed by atoms with Gasteiger partial charge in [0.05, 0.1) is 4.91 Å². The number of ether oxygens (including phenoxy) is 1. The van der Waals surface area contributed by atoms with Gasteiger partial charge < -0.3 is 4.74 Å². The van der Waals surface area contributed by atoms with Gasteiger partial charge in [0.2, 0.25) is 0 Å². The maximum absolute atomic E-state index is 6.67. The second-order valence-electron chi connectivity index (χ2n) is 6.34. The first kappa shape index (κ1) is 17.3. The third-order valence-electron chi connectivity index (χ3n) is 4.65. The van der Waals surface area contributed by atoms with Crippen molar-refractivity contribution in [2.45, 2.75) is 12.5 Å². The molecule has 3 aromatic rings. The van der Waals surface area contributed by atoms with Crippen LogP contribution in [0.15, 0.2) is 90.7 Å². The van der Waals surface area contributed by atoms with Crippen molar-refractivity contribution in [3.8, 4) is 0 Å². The van der Waals surface area contributed by atoms with Crippen molar-refractivity contribution in [1.29, 1.82) is 0 Å². The van der Waals surface area contributed by atoms with E-state index < -0.39 is 5.60 Å². The SMILES string of the molecule is CC1=C(c2ccc(Cl)cc2)SCC(c2ccccc2)(c2ccccc2)O1. The van der Waals surface area contributed by atoms with Gasteiger partial charge in [0.15, 0.2) is 5.60 Å². The highest BCUT2D eigenvalue weighted by atomic mass is 35.5. The van der Waals surface area contributed by atoms with Gasteiger partial charge in [-0.05, 0) is 24.6 Å². The minimum Gasteiger partial charge on any atom is -0.480 e. The van der Waals surface area contributed by atoms with Crippen LogP contribution >= 0.6 is 23.4 Å². The van der Waals surface area contributed by atoms with Crippen molar-refractivity contribution in [2.75, 3.05) is 5.75 Å². The van der Waals surface area contributed by atoms with Gasteiger partial charge in [-0.3, -0.25) is 0 Å². The number of halogens is 1. The van der Waals surface area contributed by atoms with Crippen LogP contribution in [-0.4, -0.2) is 5.75 Å². The lowest BCUT2D eigenvalue weighted by molar-refractivity contribution is 0.0569. The molecule has 4 rings (SSSR count). The molecule has 0 aromatic heterocycles. The smallest absolute Gasteiger partial charge is 0.168 e. The van der Waals surface area contributed by atoms with Crippen LogP contribution in [0.1, 0.15) is 23.6 Å². The average Bonchev–Trinajstić information content (AvgIpc) is 2.70. The molecule has 0 saturated carbocycles. The Hall–Kier alpha value is -2.16. The summed E-state index contributed by atoms with van der Waals surface area (Å²) in [5.41, 5.74) is 3.01. The Morgan fingerprint density at radius 2 is 1.35 bits per heavy atom. The third kappa shape index (κ3) is 3.15. The molecule has 130 valence electrons. The second kappa shape index (κ2) is 7.22. The molecule has 0 spiro atoms. The number of thioether (sulfide) groups is 1. The molecule has 0 saturated heterocycles. The predicted octanol–water partition coefficient (Wildman–Crippen LogP) is 6.74. The first-order chi connectivity index (χ1) is 12.7. The molecule has 0 fully saturated rings. The highest BCUT2D eigenvalue weighted by Crippen LogP contribution is 2.48. The molecule has 0 amide bonds. The van der Waals surface area contributed by atoms with E-state index in [4.69, 9.17) is 16.3 Å². The number of benzene rings is 3. The van der Waals surface area contributed by atoms with Crippen molar-refractivity contribution in [3.63, 3.8) is 0 Å². The molecule has 0 N–H and O–H groups in total. The van der Waals surface area contributed by atoms with E-state index in [1.54, 1.807) is 0 Å². The lowest BCUT2D eigenvalue weighted by Crippen LogP contribution is -2.36. The van der Waals surface area contributed by atoms with E-state index in [0.29, 0.717) is 0 Å². The van der Waals surface area contributed by atoms with Crippen LogP contribution in [0.3, 0.4) is 0 Å². The summed E-state index contributed by atoms with van der Waals surface area (Å²) < 4.78 is 6.67. The second-order valence-corrected chi connectivity index (χ2v) is 7.76. The molecule has 3 heteroatoms. The number of hydrogen-bond donors (Lipinski definition) is 0. The fourth-order valence-corrected chi connectivity index (χ4v) is 4.78. The standard InChI is InChI=1S/C23H19ClOS/c1-17-22(18-12-14-21(24)15-13-18)26-16-23(25-17,19-8-4-2-5-9-19)20-10-6-3-7-11-20/h2-15H,16H2,1H3. The highest BCUT2D eigenvalue weighted by molar-refractivity contribution is 8.08. The zero-order chi connectivity index (χ0) is 18.0. The molecular formula is C23H19ClOS. The molecule has 1 heterocycles. The van der Waals surface area contributed by atoms with E-state index >= 15 is 0 Å². The number of allylic oxidation sites excluding steroid dienone is 1. The van der Waals surface area contributed by atoms with Gasteiger partial charge in [0.25, 0.3) is 0 Å². The molecule has 26 heavy (non-hydrogen) atoms. The molecule has 0 atom stereocenters. The number of hydrogen-bond acceptors (Lipinski definition) is 2. The number of rotatable bonds is 3. The summed E-state index contributed by atoms with van der Waals surface area (Å²) >= 11 is 7.88. The average molecular weight is 379 g/mol. The minimum atomic E-state index is -0.479. The Kier molecular flexibility index (Phi) is 4.80. The van der Waals surface area contributed by atoms with Gasteiger partial charge in [0, 0.05) is 21.9 Å². The minimum absolute atomic E-state index is 0.479. The van der Waals surface area contributed by atoms with E-state index in [1.165, 1.54) is 16.0 Å². The van der Waals surface area contributed by atoms with Crippen molar-refractivity contribution in [1.82, 2.24) is 0 Å². The van der Waals surface area contributed by atoms with Crippen molar-refractivity contribution >= 4 is 28.3 Å². The normalized spacial score (nSPS) is 16.2. The van der Waals surface area contributed by atoms with Crippen LogP contribution in [0.25, 0.3) is 4.91 Å². The van der Waals surface area contributed by atoms with Crippen LogP contribution in [0, 0.1) is 0 Å². The van der Waals surface area contributed by atoms with Gasteiger partial charge in [0.1, 0.15) is 5.76 Å². The summed E-state index contributed by atoms with van der Waals surface area (Å²) in [5.74, 6) is 1.76.